The van der Waals surface area contributed by atoms with Gasteiger partial charge in [0.25, 0.3) is 0 Å². The number of halogens is 9. The lowest BCUT2D eigenvalue weighted by molar-refractivity contribution is -0.138. The number of ketones is 1. The van der Waals surface area contributed by atoms with Gasteiger partial charge >= 0.3 is 12.4 Å². The fourth-order valence-electron chi connectivity index (χ4n) is 3.03. The fourth-order valence-corrected chi connectivity index (χ4v) is 3.73. The second kappa shape index (κ2) is 11.7. The van der Waals surface area contributed by atoms with Gasteiger partial charge in [-0.1, -0.05) is 34.8 Å². The van der Waals surface area contributed by atoms with Gasteiger partial charge in [0.05, 0.1) is 44.6 Å². The number of Topliss-reactive ketones (excluding diaryl/α,β-unsaturated/α-hetero) is 1. The average Bonchev–Trinajstić information content (AvgIpc) is 2.82. The molecule has 3 aromatic rings. The molecule has 14 heteroatoms. The molecule has 0 saturated carbocycles. The smallest absolute Gasteiger partial charge is 0.417 e. The maximum absolute atomic E-state index is 12.9. The van der Waals surface area contributed by atoms with E-state index in [9.17, 15) is 36.4 Å². The van der Waals surface area contributed by atoms with Crippen molar-refractivity contribution in [3.8, 4) is 23.3 Å². The minimum absolute atomic E-state index is 0.00885. The Hall–Kier alpha value is -3.20. The van der Waals surface area contributed by atoms with Crippen molar-refractivity contribution in [3.05, 3.63) is 80.6 Å². The Labute approximate surface area is 226 Å². The third kappa shape index (κ3) is 7.22. The number of benzene rings is 2. The molecule has 1 atom stereocenters. The SMILES string of the molecule is N#CC(C(=O)CCOc1cc(Oc2ccc(C(F)(F)F)cc2Cl)c(Cl)cc1Cl)c1ccc(C(F)(F)F)cn1. The summed E-state index contributed by atoms with van der Waals surface area (Å²) in [5, 5.41) is 8.98. The highest BCUT2D eigenvalue weighted by atomic mass is 35.5. The molecule has 5 nitrogen and oxygen atoms in total. The summed E-state index contributed by atoms with van der Waals surface area (Å²) in [6.45, 7) is -0.292. The van der Waals surface area contributed by atoms with E-state index in [1.807, 2.05) is 0 Å². The van der Waals surface area contributed by atoms with E-state index in [1.54, 1.807) is 6.07 Å². The van der Waals surface area contributed by atoms with E-state index >= 15 is 0 Å². The van der Waals surface area contributed by atoms with Crippen LogP contribution in [0.25, 0.3) is 0 Å². The highest BCUT2D eigenvalue weighted by Crippen LogP contribution is 2.41. The molecular formula is C24H13Cl3F6N2O3. The second-order valence-corrected chi connectivity index (χ2v) is 8.78. The van der Waals surface area contributed by atoms with Crippen LogP contribution in [0.15, 0.2) is 48.7 Å². The lowest BCUT2D eigenvalue weighted by Gasteiger charge is -2.15. The van der Waals surface area contributed by atoms with Crippen molar-refractivity contribution in [2.75, 3.05) is 6.61 Å². The van der Waals surface area contributed by atoms with Crippen LogP contribution in [0.1, 0.15) is 29.2 Å². The zero-order valence-corrected chi connectivity index (χ0v) is 20.9. The molecule has 0 N–H and O–H groups in total. The summed E-state index contributed by atoms with van der Waals surface area (Å²) in [5.74, 6) is -2.31. The molecule has 200 valence electrons. The third-order valence-corrected chi connectivity index (χ3v) is 5.82. The molecule has 2 aromatic carbocycles. The van der Waals surface area contributed by atoms with Crippen molar-refractivity contribution in [2.24, 2.45) is 0 Å². The summed E-state index contributed by atoms with van der Waals surface area (Å²) in [7, 11) is 0. The van der Waals surface area contributed by atoms with Crippen LogP contribution in [0.4, 0.5) is 26.3 Å². The minimum atomic E-state index is -4.62. The van der Waals surface area contributed by atoms with Gasteiger partial charge in [-0.15, -0.1) is 0 Å². The molecule has 0 saturated heterocycles. The van der Waals surface area contributed by atoms with Crippen molar-refractivity contribution in [2.45, 2.75) is 24.7 Å². The van der Waals surface area contributed by atoms with Gasteiger partial charge in [-0.05, 0) is 36.4 Å². The van der Waals surface area contributed by atoms with Gasteiger partial charge in [-0.3, -0.25) is 9.78 Å². The fraction of sp³-hybridized carbons (Fsp3) is 0.208. The topological polar surface area (TPSA) is 72.2 Å². The Bertz CT molecular complexity index is 1370. The van der Waals surface area contributed by atoms with Gasteiger partial charge in [0.15, 0.2) is 5.78 Å². The van der Waals surface area contributed by atoms with Gasteiger partial charge in [0, 0.05) is 18.7 Å². The lowest BCUT2D eigenvalue weighted by Crippen LogP contribution is -2.16. The maximum atomic E-state index is 12.9. The van der Waals surface area contributed by atoms with Crippen molar-refractivity contribution in [1.82, 2.24) is 4.98 Å². The van der Waals surface area contributed by atoms with E-state index < -0.39 is 35.2 Å². The van der Waals surface area contributed by atoms with Crippen LogP contribution in [0.5, 0.6) is 17.2 Å². The van der Waals surface area contributed by atoms with E-state index in [1.165, 1.54) is 12.1 Å². The van der Waals surface area contributed by atoms with Crippen molar-refractivity contribution in [3.63, 3.8) is 0 Å². The molecule has 0 amide bonds. The Morgan fingerprint density at radius 2 is 1.47 bits per heavy atom. The number of hydrogen-bond donors (Lipinski definition) is 0. The molecular weight excluding hydrogens is 585 g/mol. The first-order chi connectivity index (χ1) is 17.7. The summed E-state index contributed by atoms with van der Waals surface area (Å²) in [5.41, 5.74) is -2.16. The molecule has 1 aromatic heterocycles. The van der Waals surface area contributed by atoms with Gasteiger partial charge in [-0.2, -0.15) is 31.6 Å². The van der Waals surface area contributed by atoms with Crippen LogP contribution in [0.3, 0.4) is 0 Å². The van der Waals surface area contributed by atoms with E-state index in [0.717, 1.165) is 18.2 Å². The quantitative estimate of drug-likeness (QED) is 0.244. The molecule has 0 aliphatic rings. The van der Waals surface area contributed by atoms with Crippen LogP contribution in [-0.4, -0.2) is 17.4 Å². The number of nitrogens with zero attached hydrogens (tertiary/aromatic N) is 2. The summed E-state index contributed by atoms with van der Waals surface area (Å²) in [4.78, 5) is 16.1. The van der Waals surface area contributed by atoms with Crippen LogP contribution in [0, 0.1) is 11.3 Å². The Morgan fingerprint density at radius 1 is 0.868 bits per heavy atom. The highest BCUT2D eigenvalue weighted by Gasteiger charge is 2.32. The largest absolute Gasteiger partial charge is 0.491 e. The van der Waals surface area contributed by atoms with Gasteiger partial charge in [0.1, 0.15) is 23.2 Å². The third-order valence-electron chi connectivity index (χ3n) is 4.93. The molecule has 1 heterocycles. The maximum Gasteiger partial charge on any atom is 0.417 e. The zero-order chi connectivity index (χ0) is 28.3. The van der Waals surface area contributed by atoms with Crippen LogP contribution < -0.4 is 9.47 Å². The Balaban J connectivity index is 1.69. The average molecular weight is 598 g/mol. The minimum Gasteiger partial charge on any atom is -0.491 e. The second-order valence-electron chi connectivity index (χ2n) is 7.55. The van der Waals surface area contributed by atoms with E-state index in [4.69, 9.17) is 44.3 Å². The summed E-state index contributed by atoms with van der Waals surface area (Å²) in [6, 6.07) is 8.28. The number of rotatable bonds is 8. The molecule has 38 heavy (non-hydrogen) atoms. The number of pyridine rings is 1. The Kier molecular flexibility index (Phi) is 9.02. The monoisotopic (exact) mass is 596 g/mol. The van der Waals surface area contributed by atoms with Crippen LogP contribution in [0.2, 0.25) is 15.1 Å². The molecule has 0 spiro atoms. The molecule has 0 aliphatic heterocycles. The zero-order valence-electron chi connectivity index (χ0n) is 18.6. The molecule has 0 bridgehead atoms. The Morgan fingerprint density at radius 3 is 2.03 bits per heavy atom. The normalized spacial score (nSPS) is 12.5. The summed E-state index contributed by atoms with van der Waals surface area (Å²) >= 11 is 18.1. The number of aromatic nitrogens is 1. The first kappa shape index (κ1) is 29.4. The van der Waals surface area contributed by atoms with E-state index in [2.05, 4.69) is 4.98 Å². The molecule has 3 rings (SSSR count). The van der Waals surface area contributed by atoms with Crippen molar-refractivity contribution >= 4 is 40.6 Å². The number of hydrogen-bond acceptors (Lipinski definition) is 5. The molecule has 1 unspecified atom stereocenters. The van der Waals surface area contributed by atoms with Crippen molar-refractivity contribution in [1.29, 1.82) is 5.26 Å². The summed E-state index contributed by atoms with van der Waals surface area (Å²) in [6.07, 6.45) is -9.03. The van der Waals surface area contributed by atoms with Crippen LogP contribution in [-0.2, 0) is 17.1 Å². The standard InChI is InChI=1S/C24H13Cl3F6N2O3/c25-15-7-12(23(28,29)30)2-4-20(15)38-22-9-21(16(26)8-17(22)27)37-6-5-19(36)14(10-34)18-3-1-13(11-35-18)24(31,32)33/h1-4,7-9,11,14H,5-6H2. The molecule has 0 fully saturated rings. The number of carbonyl (C=O) groups excluding carboxylic acids is 1. The predicted molar refractivity (Wildman–Crippen MR) is 126 cm³/mol. The predicted octanol–water partition coefficient (Wildman–Crippen LogP) is 8.52. The van der Waals surface area contributed by atoms with Crippen molar-refractivity contribution < 1.29 is 40.6 Å². The first-order valence-corrected chi connectivity index (χ1v) is 11.5. The number of nitriles is 1. The summed E-state index contributed by atoms with van der Waals surface area (Å²) < 4.78 is 87.7. The van der Waals surface area contributed by atoms with Gasteiger partial charge < -0.3 is 9.47 Å². The van der Waals surface area contributed by atoms with E-state index in [0.29, 0.717) is 18.3 Å². The number of ether oxygens (including phenoxy) is 2. The highest BCUT2D eigenvalue weighted by molar-refractivity contribution is 6.36. The van der Waals surface area contributed by atoms with Gasteiger partial charge in [0.2, 0.25) is 0 Å². The number of alkyl halides is 6. The van der Waals surface area contributed by atoms with Crippen LogP contribution >= 0.6 is 34.8 Å². The molecule has 0 radical (unpaired) electrons. The lowest BCUT2D eigenvalue weighted by atomic mass is 9.98. The number of carbonyl (C=O) groups is 1. The molecule has 0 aliphatic carbocycles. The van der Waals surface area contributed by atoms with Gasteiger partial charge in [-0.25, -0.2) is 0 Å². The van der Waals surface area contributed by atoms with E-state index in [-0.39, 0.29) is 51.0 Å². The first-order valence-electron chi connectivity index (χ1n) is 10.3.